The van der Waals surface area contributed by atoms with Gasteiger partial charge in [-0.15, -0.1) is 0 Å². The minimum Gasteiger partial charge on any atom is -0.489 e. The van der Waals surface area contributed by atoms with Crippen LogP contribution in [-0.4, -0.2) is 11.1 Å². The largest absolute Gasteiger partial charge is 0.489 e. The van der Waals surface area contributed by atoms with Crippen molar-refractivity contribution in [3.05, 3.63) is 94.9 Å². The van der Waals surface area contributed by atoms with Gasteiger partial charge < -0.3 is 14.0 Å². The molecule has 0 N–H and O–H groups in total. The van der Waals surface area contributed by atoms with E-state index in [4.69, 9.17) is 14.0 Å². The Hall–Kier alpha value is -3.60. The highest BCUT2D eigenvalue weighted by atomic mass is 16.5. The van der Waals surface area contributed by atoms with E-state index in [2.05, 4.69) is 17.3 Å². The molecule has 5 heteroatoms. The molecule has 0 aliphatic rings. The van der Waals surface area contributed by atoms with Crippen molar-refractivity contribution in [1.29, 1.82) is 0 Å². The predicted octanol–water partition coefficient (Wildman–Crippen LogP) is 5.31. The number of fused-ring (bicyclic) bond motifs is 1. The minimum absolute atomic E-state index is 0.217. The van der Waals surface area contributed by atoms with Gasteiger partial charge in [0.05, 0.1) is 17.7 Å². The Morgan fingerprint density at radius 3 is 2.47 bits per heavy atom. The van der Waals surface area contributed by atoms with Gasteiger partial charge in [-0.05, 0) is 47.9 Å². The number of carbonyl (C=O) groups is 1. The van der Waals surface area contributed by atoms with E-state index in [1.165, 1.54) is 0 Å². The Morgan fingerprint density at radius 1 is 0.933 bits per heavy atom. The van der Waals surface area contributed by atoms with Gasteiger partial charge in [0.25, 0.3) is 0 Å². The molecule has 0 saturated carbocycles. The quantitative estimate of drug-likeness (QED) is 0.393. The van der Waals surface area contributed by atoms with E-state index < -0.39 is 0 Å². The van der Waals surface area contributed by atoms with E-state index in [0.717, 1.165) is 44.7 Å². The van der Waals surface area contributed by atoms with Gasteiger partial charge in [-0.3, -0.25) is 4.79 Å². The highest BCUT2D eigenvalue weighted by molar-refractivity contribution is 5.85. The van der Waals surface area contributed by atoms with E-state index in [1.54, 1.807) is 0 Å². The number of hydrogen-bond acceptors (Lipinski definition) is 5. The van der Waals surface area contributed by atoms with E-state index in [1.807, 2.05) is 68.4 Å². The van der Waals surface area contributed by atoms with Crippen molar-refractivity contribution in [3.8, 4) is 5.75 Å². The van der Waals surface area contributed by atoms with Gasteiger partial charge in [0.1, 0.15) is 24.7 Å². The van der Waals surface area contributed by atoms with Crippen LogP contribution in [0, 0.1) is 13.8 Å². The van der Waals surface area contributed by atoms with Gasteiger partial charge in [0, 0.05) is 0 Å². The van der Waals surface area contributed by atoms with Crippen molar-refractivity contribution in [3.63, 3.8) is 0 Å². The zero-order chi connectivity index (χ0) is 20.9. The maximum Gasteiger partial charge on any atom is 0.310 e. The first-order valence-electron chi connectivity index (χ1n) is 9.86. The molecule has 3 aromatic carbocycles. The van der Waals surface area contributed by atoms with Crippen LogP contribution in [0.2, 0.25) is 0 Å². The molecule has 4 rings (SSSR count). The molecule has 0 spiro atoms. The van der Waals surface area contributed by atoms with Crippen LogP contribution in [-0.2, 0) is 29.2 Å². The van der Waals surface area contributed by atoms with Crippen molar-refractivity contribution >= 4 is 16.7 Å². The number of rotatable bonds is 7. The Balaban J connectivity index is 1.31. The minimum atomic E-state index is -0.257. The summed E-state index contributed by atoms with van der Waals surface area (Å²) in [6, 6.07) is 21.6. The number of aromatic nitrogens is 1. The first kappa shape index (κ1) is 19.7. The number of aryl methyl sites for hydroxylation is 2. The standard InChI is InChI=1S/C25H23NO4/c1-17-24(18(2)30-26-17)16-28-22-12-10-19(11-13-22)14-25(27)29-15-21-8-5-7-20-6-3-4-9-23(20)21/h3-13H,14-16H2,1-2H3. The summed E-state index contributed by atoms with van der Waals surface area (Å²) in [5, 5.41) is 6.17. The SMILES string of the molecule is Cc1noc(C)c1COc1ccc(CC(=O)OCc2cccc3ccccc23)cc1. The summed E-state index contributed by atoms with van der Waals surface area (Å²) < 4.78 is 16.5. The highest BCUT2D eigenvalue weighted by Gasteiger charge is 2.10. The summed E-state index contributed by atoms with van der Waals surface area (Å²) in [6.45, 7) is 4.42. The topological polar surface area (TPSA) is 61.6 Å². The molecule has 0 amide bonds. The van der Waals surface area contributed by atoms with Crippen LogP contribution >= 0.6 is 0 Å². The van der Waals surface area contributed by atoms with Crippen LogP contribution in [0.15, 0.2) is 71.3 Å². The fourth-order valence-electron chi connectivity index (χ4n) is 3.36. The van der Waals surface area contributed by atoms with Crippen molar-refractivity contribution < 1.29 is 18.8 Å². The second kappa shape index (κ2) is 8.82. The second-order valence-corrected chi connectivity index (χ2v) is 7.21. The molecule has 0 aliphatic carbocycles. The molecule has 0 aliphatic heterocycles. The third-order valence-electron chi connectivity index (χ3n) is 5.10. The number of ether oxygens (including phenoxy) is 2. The molecule has 5 nitrogen and oxygen atoms in total. The molecule has 0 fully saturated rings. The average Bonchev–Trinajstić information content (AvgIpc) is 3.09. The maximum absolute atomic E-state index is 12.3. The molecule has 0 bridgehead atoms. The van der Waals surface area contributed by atoms with Crippen LogP contribution in [0.1, 0.15) is 28.1 Å². The van der Waals surface area contributed by atoms with Gasteiger partial charge in [-0.2, -0.15) is 0 Å². The Morgan fingerprint density at radius 2 is 1.70 bits per heavy atom. The third-order valence-corrected chi connectivity index (χ3v) is 5.10. The monoisotopic (exact) mass is 401 g/mol. The predicted molar refractivity (Wildman–Crippen MR) is 114 cm³/mol. The zero-order valence-corrected chi connectivity index (χ0v) is 17.1. The van der Waals surface area contributed by atoms with Gasteiger partial charge in [0.2, 0.25) is 0 Å². The van der Waals surface area contributed by atoms with E-state index in [9.17, 15) is 4.79 Å². The van der Waals surface area contributed by atoms with Gasteiger partial charge in [-0.1, -0.05) is 59.8 Å². The number of hydrogen-bond donors (Lipinski definition) is 0. The number of nitrogens with zero attached hydrogens (tertiary/aromatic N) is 1. The van der Waals surface area contributed by atoms with Crippen molar-refractivity contribution in [2.45, 2.75) is 33.5 Å². The number of esters is 1. The lowest BCUT2D eigenvalue weighted by Gasteiger charge is -2.09. The van der Waals surface area contributed by atoms with Crippen molar-refractivity contribution in [1.82, 2.24) is 5.16 Å². The summed E-state index contributed by atoms with van der Waals surface area (Å²) in [4.78, 5) is 12.3. The molecule has 0 atom stereocenters. The van der Waals surface area contributed by atoms with Crippen LogP contribution in [0.3, 0.4) is 0 Å². The fraction of sp³-hybridized carbons (Fsp3) is 0.200. The molecular weight excluding hydrogens is 378 g/mol. The summed E-state index contributed by atoms with van der Waals surface area (Å²) in [5.41, 5.74) is 3.67. The van der Waals surface area contributed by atoms with Gasteiger partial charge in [-0.25, -0.2) is 0 Å². The summed E-state index contributed by atoms with van der Waals surface area (Å²) >= 11 is 0. The molecule has 152 valence electrons. The first-order valence-corrected chi connectivity index (χ1v) is 9.86. The zero-order valence-electron chi connectivity index (χ0n) is 17.1. The molecule has 4 aromatic rings. The lowest BCUT2D eigenvalue weighted by molar-refractivity contribution is -0.144. The molecular formula is C25H23NO4. The average molecular weight is 401 g/mol. The summed E-state index contributed by atoms with van der Waals surface area (Å²) in [7, 11) is 0. The molecule has 30 heavy (non-hydrogen) atoms. The van der Waals surface area contributed by atoms with E-state index in [-0.39, 0.29) is 19.0 Å². The van der Waals surface area contributed by atoms with Crippen LogP contribution in [0.4, 0.5) is 0 Å². The number of benzene rings is 3. The first-order chi connectivity index (χ1) is 14.6. The second-order valence-electron chi connectivity index (χ2n) is 7.21. The normalized spacial score (nSPS) is 10.9. The lowest BCUT2D eigenvalue weighted by atomic mass is 10.1. The smallest absolute Gasteiger partial charge is 0.310 e. The van der Waals surface area contributed by atoms with Gasteiger partial charge >= 0.3 is 5.97 Å². The third kappa shape index (κ3) is 4.51. The Labute approximate surface area is 175 Å². The summed E-state index contributed by atoms with van der Waals surface area (Å²) in [6.07, 6.45) is 0.217. The van der Waals surface area contributed by atoms with Crippen LogP contribution < -0.4 is 4.74 Å². The Bertz CT molecular complexity index is 1140. The lowest BCUT2D eigenvalue weighted by Crippen LogP contribution is -2.08. The van der Waals surface area contributed by atoms with Crippen LogP contribution in [0.5, 0.6) is 5.75 Å². The van der Waals surface area contributed by atoms with E-state index >= 15 is 0 Å². The maximum atomic E-state index is 12.3. The van der Waals surface area contributed by atoms with Crippen molar-refractivity contribution in [2.75, 3.05) is 0 Å². The Kier molecular flexibility index (Phi) is 5.80. The summed E-state index contributed by atoms with van der Waals surface area (Å²) in [5.74, 6) is 1.23. The molecule has 1 heterocycles. The van der Waals surface area contributed by atoms with E-state index in [0.29, 0.717) is 6.61 Å². The fourth-order valence-corrected chi connectivity index (χ4v) is 3.36. The van der Waals surface area contributed by atoms with Crippen molar-refractivity contribution in [2.24, 2.45) is 0 Å². The molecule has 0 saturated heterocycles. The molecule has 0 radical (unpaired) electrons. The molecule has 0 unspecified atom stereocenters. The van der Waals surface area contributed by atoms with Gasteiger partial charge in [0.15, 0.2) is 0 Å². The highest BCUT2D eigenvalue weighted by Crippen LogP contribution is 2.20. The van der Waals surface area contributed by atoms with Crippen LogP contribution in [0.25, 0.3) is 10.8 Å². The molecule has 1 aromatic heterocycles. The number of carbonyl (C=O) groups excluding carboxylic acids is 1.